The molecular weight excluding hydrogens is 234 g/mol. The molecule has 0 spiro atoms. The van der Waals surface area contributed by atoms with Crippen molar-refractivity contribution in [2.45, 2.75) is 18.7 Å². The van der Waals surface area contributed by atoms with Crippen molar-refractivity contribution in [3.8, 4) is 0 Å². The van der Waals surface area contributed by atoms with Gasteiger partial charge in [-0.2, -0.15) is 0 Å². The van der Waals surface area contributed by atoms with Crippen molar-refractivity contribution in [2.75, 3.05) is 13.6 Å². The molecule has 0 bridgehead atoms. The first-order valence-electron chi connectivity index (χ1n) is 4.56. The second-order valence-electron chi connectivity index (χ2n) is 3.21. The fourth-order valence-corrected chi connectivity index (χ4v) is 2.62. The largest absolute Gasteiger partial charge is 0.318 e. The Morgan fingerprint density at radius 3 is 2.87 bits per heavy atom. The SMILES string of the molecule is CNCC(C)S(=O)(=O)NCc1cscn1. The van der Waals surface area contributed by atoms with Gasteiger partial charge in [0.05, 0.1) is 23.0 Å². The molecule has 5 nitrogen and oxygen atoms in total. The van der Waals surface area contributed by atoms with Gasteiger partial charge in [-0.25, -0.2) is 18.1 Å². The standard InChI is InChI=1S/C8H15N3O2S2/c1-7(3-9-2)15(12,13)11-4-8-5-14-6-10-8/h5-7,9,11H,3-4H2,1-2H3. The van der Waals surface area contributed by atoms with E-state index in [0.717, 1.165) is 5.69 Å². The third kappa shape index (κ3) is 3.86. The van der Waals surface area contributed by atoms with E-state index in [2.05, 4.69) is 15.0 Å². The van der Waals surface area contributed by atoms with E-state index in [1.807, 2.05) is 5.38 Å². The third-order valence-electron chi connectivity index (χ3n) is 1.96. The number of sulfonamides is 1. The summed E-state index contributed by atoms with van der Waals surface area (Å²) in [6.45, 7) is 2.37. The summed E-state index contributed by atoms with van der Waals surface area (Å²) in [5, 5.41) is 4.22. The Bertz CT molecular complexity index is 375. The Hall–Kier alpha value is -0.500. The fourth-order valence-electron chi connectivity index (χ4n) is 1.04. The zero-order valence-electron chi connectivity index (χ0n) is 8.73. The summed E-state index contributed by atoms with van der Waals surface area (Å²) in [5.41, 5.74) is 2.43. The summed E-state index contributed by atoms with van der Waals surface area (Å²) in [4.78, 5) is 4.00. The van der Waals surface area contributed by atoms with Gasteiger partial charge in [-0.1, -0.05) is 0 Å². The molecule has 0 amide bonds. The smallest absolute Gasteiger partial charge is 0.215 e. The summed E-state index contributed by atoms with van der Waals surface area (Å²) >= 11 is 1.45. The minimum atomic E-state index is -3.25. The van der Waals surface area contributed by atoms with Crippen molar-refractivity contribution in [1.29, 1.82) is 0 Å². The normalized spacial score (nSPS) is 14.0. The van der Waals surface area contributed by atoms with Crippen molar-refractivity contribution in [3.63, 3.8) is 0 Å². The maximum atomic E-state index is 11.6. The molecule has 86 valence electrons. The fraction of sp³-hybridized carbons (Fsp3) is 0.625. The van der Waals surface area contributed by atoms with Gasteiger partial charge in [0.15, 0.2) is 0 Å². The van der Waals surface area contributed by atoms with Crippen LogP contribution in [0.3, 0.4) is 0 Å². The van der Waals surface area contributed by atoms with Gasteiger partial charge in [-0.3, -0.25) is 0 Å². The first kappa shape index (κ1) is 12.6. The zero-order chi connectivity index (χ0) is 11.3. The minimum Gasteiger partial charge on any atom is -0.318 e. The van der Waals surface area contributed by atoms with E-state index in [1.54, 1.807) is 19.5 Å². The van der Waals surface area contributed by atoms with Gasteiger partial charge < -0.3 is 5.32 Å². The van der Waals surface area contributed by atoms with Crippen molar-refractivity contribution in [2.24, 2.45) is 0 Å². The van der Waals surface area contributed by atoms with E-state index in [4.69, 9.17) is 0 Å². The van der Waals surface area contributed by atoms with Crippen LogP contribution in [0.15, 0.2) is 10.9 Å². The van der Waals surface area contributed by atoms with Crippen LogP contribution in [-0.2, 0) is 16.6 Å². The van der Waals surface area contributed by atoms with Crippen LogP contribution in [0.1, 0.15) is 12.6 Å². The highest BCUT2D eigenvalue weighted by Crippen LogP contribution is 2.03. The van der Waals surface area contributed by atoms with Gasteiger partial charge in [0, 0.05) is 11.9 Å². The predicted octanol–water partition coefficient (Wildman–Crippen LogP) is 0.170. The number of rotatable bonds is 6. The van der Waals surface area contributed by atoms with Crippen molar-refractivity contribution in [1.82, 2.24) is 15.0 Å². The van der Waals surface area contributed by atoms with Gasteiger partial charge in [-0.05, 0) is 14.0 Å². The highest BCUT2D eigenvalue weighted by atomic mass is 32.2. The minimum absolute atomic E-state index is 0.264. The van der Waals surface area contributed by atoms with E-state index >= 15 is 0 Å². The Kier molecular flexibility index (Phi) is 4.65. The molecule has 0 aliphatic heterocycles. The molecule has 1 atom stereocenters. The van der Waals surface area contributed by atoms with E-state index in [1.165, 1.54) is 11.3 Å². The number of hydrogen-bond donors (Lipinski definition) is 2. The van der Waals surface area contributed by atoms with Crippen LogP contribution in [0.25, 0.3) is 0 Å². The lowest BCUT2D eigenvalue weighted by atomic mass is 10.5. The van der Waals surface area contributed by atoms with Gasteiger partial charge in [-0.15, -0.1) is 11.3 Å². The van der Waals surface area contributed by atoms with Crippen LogP contribution in [-0.4, -0.2) is 32.2 Å². The average molecular weight is 249 g/mol. The van der Waals surface area contributed by atoms with E-state index in [9.17, 15) is 8.42 Å². The summed E-state index contributed by atoms with van der Waals surface area (Å²) in [6, 6.07) is 0. The van der Waals surface area contributed by atoms with Crippen LogP contribution < -0.4 is 10.0 Å². The molecule has 0 aliphatic rings. The molecule has 7 heteroatoms. The monoisotopic (exact) mass is 249 g/mol. The molecule has 15 heavy (non-hydrogen) atoms. The quantitative estimate of drug-likeness (QED) is 0.754. The Labute approximate surface area is 94.0 Å². The lowest BCUT2D eigenvalue weighted by Crippen LogP contribution is -2.37. The summed E-state index contributed by atoms with van der Waals surface area (Å²) in [7, 11) is -1.52. The molecule has 0 saturated heterocycles. The van der Waals surface area contributed by atoms with E-state index in [-0.39, 0.29) is 6.54 Å². The Morgan fingerprint density at radius 2 is 2.33 bits per heavy atom. The van der Waals surface area contributed by atoms with Gasteiger partial charge in [0.25, 0.3) is 0 Å². The van der Waals surface area contributed by atoms with E-state index < -0.39 is 15.3 Å². The van der Waals surface area contributed by atoms with Crippen molar-refractivity contribution < 1.29 is 8.42 Å². The zero-order valence-corrected chi connectivity index (χ0v) is 10.4. The first-order chi connectivity index (χ1) is 7.06. The first-order valence-corrected chi connectivity index (χ1v) is 7.05. The van der Waals surface area contributed by atoms with Crippen molar-refractivity contribution >= 4 is 21.4 Å². The average Bonchev–Trinajstić information content (AvgIpc) is 2.68. The number of nitrogens with one attached hydrogen (secondary N) is 2. The van der Waals surface area contributed by atoms with Crippen LogP contribution in [0.5, 0.6) is 0 Å². The molecule has 1 aromatic rings. The molecule has 1 rings (SSSR count). The van der Waals surface area contributed by atoms with E-state index in [0.29, 0.717) is 6.54 Å². The van der Waals surface area contributed by atoms with Gasteiger partial charge >= 0.3 is 0 Å². The van der Waals surface area contributed by atoms with Crippen LogP contribution in [0.4, 0.5) is 0 Å². The highest BCUT2D eigenvalue weighted by molar-refractivity contribution is 7.90. The lowest BCUT2D eigenvalue weighted by Gasteiger charge is -2.12. The Morgan fingerprint density at radius 1 is 1.60 bits per heavy atom. The van der Waals surface area contributed by atoms with Crippen LogP contribution in [0, 0.1) is 0 Å². The molecule has 1 unspecified atom stereocenters. The molecule has 0 fully saturated rings. The molecule has 0 saturated carbocycles. The molecular formula is C8H15N3O2S2. The molecule has 0 aromatic carbocycles. The predicted molar refractivity (Wildman–Crippen MR) is 61.3 cm³/mol. The molecule has 2 N–H and O–H groups in total. The van der Waals surface area contributed by atoms with Crippen molar-refractivity contribution in [3.05, 3.63) is 16.6 Å². The third-order valence-corrected chi connectivity index (χ3v) is 4.37. The number of hydrogen-bond acceptors (Lipinski definition) is 5. The van der Waals surface area contributed by atoms with Gasteiger partial charge in [0.1, 0.15) is 0 Å². The lowest BCUT2D eigenvalue weighted by molar-refractivity contribution is 0.562. The molecule has 1 heterocycles. The molecule has 1 aromatic heterocycles. The van der Waals surface area contributed by atoms with Crippen LogP contribution in [0.2, 0.25) is 0 Å². The summed E-state index contributed by atoms with van der Waals surface area (Å²) < 4.78 is 25.8. The molecule has 0 radical (unpaired) electrons. The van der Waals surface area contributed by atoms with Gasteiger partial charge in [0.2, 0.25) is 10.0 Å². The highest BCUT2D eigenvalue weighted by Gasteiger charge is 2.19. The molecule has 0 aliphatic carbocycles. The summed E-state index contributed by atoms with van der Waals surface area (Å²) in [5.74, 6) is 0. The number of aromatic nitrogens is 1. The number of thiazole rings is 1. The summed E-state index contributed by atoms with van der Waals surface area (Å²) in [6.07, 6.45) is 0. The maximum Gasteiger partial charge on any atom is 0.215 e. The van der Waals surface area contributed by atoms with Crippen LogP contribution >= 0.6 is 11.3 Å². The second kappa shape index (κ2) is 5.55. The topological polar surface area (TPSA) is 71.1 Å². The number of nitrogens with zero attached hydrogens (tertiary/aromatic N) is 1. The maximum absolute atomic E-state index is 11.6. The Balaban J connectivity index is 2.50. The second-order valence-corrected chi connectivity index (χ2v) is 6.12.